The van der Waals surface area contributed by atoms with Crippen molar-refractivity contribution in [1.82, 2.24) is 20.4 Å². The number of aromatic nitrogens is 2. The SMILES string of the molecule is CO/N=C(\C(=O)N[C@@H]1C(=O)N2C(C(=O)OCc3ccc(OC)cc3)=C(/C=C\c3cc(OC)no3)CS[C@H]12)c1csc(NC(c2ccccc2)(c2ccccc2)c2ccccc2)n1. The van der Waals surface area contributed by atoms with Gasteiger partial charge < -0.3 is 34.2 Å². The van der Waals surface area contributed by atoms with Gasteiger partial charge in [-0.15, -0.1) is 23.1 Å². The Morgan fingerprint density at radius 2 is 1.53 bits per heavy atom. The number of fused-ring (bicyclic) bond motifs is 1. The lowest BCUT2D eigenvalue weighted by Gasteiger charge is -2.49. The highest BCUT2D eigenvalue weighted by atomic mass is 32.2. The highest BCUT2D eigenvalue weighted by Crippen LogP contribution is 2.43. The zero-order valence-electron chi connectivity index (χ0n) is 33.7. The van der Waals surface area contributed by atoms with E-state index >= 15 is 0 Å². The highest BCUT2D eigenvalue weighted by molar-refractivity contribution is 8.00. The summed E-state index contributed by atoms with van der Waals surface area (Å²) in [6.45, 7) is -0.0485. The third-order valence-corrected chi connectivity index (χ3v) is 12.3. The number of esters is 1. The molecule has 0 spiro atoms. The molecule has 2 aliphatic rings. The van der Waals surface area contributed by atoms with E-state index in [9.17, 15) is 14.4 Å². The Kier molecular flexibility index (Phi) is 12.5. The van der Waals surface area contributed by atoms with Gasteiger partial charge in [-0.2, -0.15) is 0 Å². The van der Waals surface area contributed by atoms with Gasteiger partial charge in [-0.3, -0.25) is 14.5 Å². The highest BCUT2D eigenvalue weighted by Gasteiger charge is 2.54. The third kappa shape index (κ3) is 8.42. The van der Waals surface area contributed by atoms with Crippen LogP contribution in [0, 0.1) is 0 Å². The van der Waals surface area contributed by atoms with Gasteiger partial charge in [0, 0.05) is 17.2 Å². The van der Waals surface area contributed by atoms with E-state index in [1.807, 2.05) is 54.6 Å². The molecule has 1 fully saturated rings. The number of β-lactam (4-membered cyclic amide) rings is 1. The molecule has 314 valence electrons. The van der Waals surface area contributed by atoms with E-state index in [0.717, 1.165) is 22.3 Å². The number of amides is 2. The monoisotopic (exact) mass is 868 g/mol. The van der Waals surface area contributed by atoms with Crippen molar-refractivity contribution in [2.24, 2.45) is 5.16 Å². The van der Waals surface area contributed by atoms with Crippen molar-refractivity contribution in [2.45, 2.75) is 23.6 Å². The maximum Gasteiger partial charge on any atom is 0.355 e. The fraction of sp³-hybridized carbons (Fsp3) is 0.174. The molecule has 8 rings (SSSR count). The number of nitrogens with zero attached hydrogens (tertiary/aromatic N) is 4. The molecular formula is C46H40N6O8S2. The van der Waals surface area contributed by atoms with E-state index < -0.39 is 34.7 Å². The summed E-state index contributed by atoms with van der Waals surface area (Å²) in [7, 11) is 4.37. The predicted molar refractivity (Wildman–Crippen MR) is 235 cm³/mol. The molecule has 4 heterocycles. The number of carbonyl (C=O) groups excluding carboxylic acids is 3. The Morgan fingerprint density at radius 1 is 0.887 bits per heavy atom. The van der Waals surface area contributed by atoms with Crippen LogP contribution in [0.2, 0.25) is 0 Å². The first-order valence-corrected chi connectivity index (χ1v) is 21.2. The lowest BCUT2D eigenvalue weighted by Crippen LogP contribution is -2.71. The van der Waals surface area contributed by atoms with Crippen LogP contribution in [-0.2, 0) is 36.1 Å². The zero-order chi connectivity index (χ0) is 43.1. The number of methoxy groups -OCH3 is 2. The fourth-order valence-electron chi connectivity index (χ4n) is 7.22. The number of thiazole rings is 1. The van der Waals surface area contributed by atoms with E-state index in [-0.39, 0.29) is 29.6 Å². The minimum Gasteiger partial charge on any atom is -0.497 e. The molecule has 2 N–H and O–H groups in total. The fourth-order valence-corrected chi connectivity index (χ4v) is 9.28. The van der Waals surface area contributed by atoms with Crippen LogP contribution in [-0.4, -0.2) is 77.0 Å². The van der Waals surface area contributed by atoms with Crippen LogP contribution in [0.5, 0.6) is 11.6 Å². The molecule has 2 aliphatic heterocycles. The van der Waals surface area contributed by atoms with Gasteiger partial charge in [-0.05, 0) is 51.2 Å². The molecule has 2 amide bonds. The molecule has 0 bridgehead atoms. The van der Waals surface area contributed by atoms with Crippen molar-refractivity contribution >= 4 is 57.8 Å². The standard InChI is InChI=1S/C46H40N6O8S2/c1-56-34-22-19-29(20-23-34)26-59-44(55)40-30(21-24-35-25-37(57-2)50-60-35)27-61-43-39(42(54)52(40)43)48-41(53)38(51-58-3)36-28-62-45(47-36)49-46(31-13-7-4-8-14-31,32-15-9-5-10-16-32)33-17-11-6-12-18-33/h4-25,28,39,43H,26-27H2,1-3H3,(H,47,49)(H,48,53)/b24-21-,51-38-/t39-,43-/m1/s1. The molecular weight excluding hydrogens is 829 g/mol. The smallest absolute Gasteiger partial charge is 0.355 e. The van der Waals surface area contributed by atoms with Gasteiger partial charge in [0.05, 0.1) is 14.2 Å². The Bertz CT molecular complexity index is 2530. The second-order valence-electron chi connectivity index (χ2n) is 13.9. The Morgan fingerprint density at radius 3 is 2.11 bits per heavy atom. The molecule has 1 saturated heterocycles. The van der Waals surface area contributed by atoms with Crippen molar-refractivity contribution in [3.63, 3.8) is 0 Å². The maximum absolute atomic E-state index is 14.1. The topological polar surface area (TPSA) is 167 Å². The first-order valence-electron chi connectivity index (χ1n) is 19.3. The van der Waals surface area contributed by atoms with Crippen LogP contribution < -0.4 is 20.1 Å². The summed E-state index contributed by atoms with van der Waals surface area (Å²) in [5.74, 6) is -0.262. The lowest BCUT2D eigenvalue weighted by molar-refractivity contribution is -0.153. The molecule has 14 nitrogen and oxygen atoms in total. The summed E-state index contributed by atoms with van der Waals surface area (Å²) in [6, 6.07) is 37.9. The number of oxime groups is 1. The number of rotatable bonds is 16. The minimum absolute atomic E-state index is 0.0485. The van der Waals surface area contributed by atoms with E-state index in [0.29, 0.717) is 28.0 Å². The number of ether oxygens (including phenoxy) is 3. The van der Waals surface area contributed by atoms with Gasteiger partial charge in [0.1, 0.15) is 47.8 Å². The van der Waals surface area contributed by atoms with Crippen molar-refractivity contribution in [3.05, 3.63) is 178 Å². The minimum atomic E-state index is -0.999. The molecule has 0 saturated carbocycles. The molecule has 2 atom stereocenters. The van der Waals surface area contributed by atoms with Crippen LogP contribution in [0.3, 0.4) is 0 Å². The van der Waals surface area contributed by atoms with Crippen molar-refractivity contribution < 1.29 is 38.0 Å². The van der Waals surface area contributed by atoms with Crippen molar-refractivity contribution in [1.29, 1.82) is 0 Å². The number of anilines is 1. The van der Waals surface area contributed by atoms with Crippen LogP contribution in [0.15, 0.2) is 154 Å². The van der Waals surface area contributed by atoms with Crippen LogP contribution >= 0.6 is 23.1 Å². The average Bonchev–Trinajstić information content (AvgIpc) is 4.00. The van der Waals surface area contributed by atoms with Gasteiger partial charge in [-0.25, -0.2) is 9.78 Å². The largest absolute Gasteiger partial charge is 0.497 e. The molecule has 4 aromatic carbocycles. The van der Waals surface area contributed by atoms with E-state index in [1.165, 1.54) is 42.2 Å². The zero-order valence-corrected chi connectivity index (χ0v) is 35.4. The first-order chi connectivity index (χ1) is 30.3. The van der Waals surface area contributed by atoms with Gasteiger partial charge in [0.25, 0.3) is 17.7 Å². The first kappa shape index (κ1) is 41.6. The van der Waals surface area contributed by atoms with Gasteiger partial charge >= 0.3 is 5.97 Å². The van der Waals surface area contributed by atoms with Crippen LogP contribution in [0.4, 0.5) is 5.13 Å². The van der Waals surface area contributed by atoms with E-state index in [1.54, 1.807) is 55.0 Å². The van der Waals surface area contributed by atoms with Gasteiger partial charge in [-0.1, -0.05) is 114 Å². The quantitative estimate of drug-likeness (QED) is 0.0336. The normalized spacial score (nSPS) is 16.3. The summed E-state index contributed by atoms with van der Waals surface area (Å²) in [4.78, 5) is 53.3. The summed E-state index contributed by atoms with van der Waals surface area (Å²) >= 11 is 2.68. The van der Waals surface area contributed by atoms with E-state index in [2.05, 4.69) is 57.3 Å². The van der Waals surface area contributed by atoms with Gasteiger partial charge in [0.15, 0.2) is 16.6 Å². The molecule has 0 aliphatic carbocycles. The Hall–Kier alpha value is -7.17. The van der Waals surface area contributed by atoms with Crippen molar-refractivity contribution in [2.75, 3.05) is 32.4 Å². The summed E-state index contributed by atoms with van der Waals surface area (Å²) < 4.78 is 21.4. The molecule has 0 unspecified atom stereocenters. The van der Waals surface area contributed by atoms with Crippen LogP contribution in [0.1, 0.15) is 33.7 Å². The third-order valence-electron chi connectivity index (χ3n) is 10.2. The summed E-state index contributed by atoms with van der Waals surface area (Å²) in [5, 5.41) is 16.0. The van der Waals surface area contributed by atoms with E-state index in [4.69, 9.17) is 28.6 Å². The molecule has 6 aromatic rings. The summed E-state index contributed by atoms with van der Waals surface area (Å²) in [6.07, 6.45) is 3.30. The predicted octanol–water partition coefficient (Wildman–Crippen LogP) is 7.01. The second-order valence-corrected chi connectivity index (χ2v) is 15.9. The average molecular weight is 869 g/mol. The number of hydrogen-bond donors (Lipinski definition) is 2. The Balaban J connectivity index is 1.04. The number of hydrogen-bond acceptors (Lipinski definition) is 14. The number of allylic oxidation sites excluding steroid dienone is 1. The molecule has 0 radical (unpaired) electrons. The van der Waals surface area contributed by atoms with Gasteiger partial charge in [0.2, 0.25) is 0 Å². The molecule has 2 aromatic heterocycles. The maximum atomic E-state index is 14.1. The Labute approximate surface area is 365 Å². The number of thioether (sulfide) groups is 1. The number of benzene rings is 4. The molecule has 16 heteroatoms. The summed E-state index contributed by atoms with van der Waals surface area (Å²) in [5.41, 5.74) is 3.47. The lowest BCUT2D eigenvalue weighted by atomic mass is 9.77. The second kappa shape index (κ2) is 18.6. The number of nitrogens with one attached hydrogen (secondary N) is 2. The van der Waals surface area contributed by atoms with Crippen molar-refractivity contribution in [3.8, 4) is 11.6 Å². The van der Waals surface area contributed by atoms with Crippen LogP contribution in [0.25, 0.3) is 6.08 Å². The molecule has 62 heavy (non-hydrogen) atoms. The number of carbonyl (C=O) groups is 3.